The van der Waals surface area contributed by atoms with Crippen LogP contribution in [-0.4, -0.2) is 48.4 Å². The average molecular weight is 287 g/mol. The van der Waals surface area contributed by atoms with Crippen molar-refractivity contribution in [2.75, 3.05) is 31.6 Å². The number of rotatable bonds is 2. The molecule has 2 heterocycles. The SMILES string of the molecule is CC1CN(c2nc3c(cc2C(=N)N)CCCC3)CCN1C. The van der Waals surface area contributed by atoms with E-state index in [1.54, 1.807) is 0 Å². The number of nitrogens with one attached hydrogen (secondary N) is 1. The van der Waals surface area contributed by atoms with Crippen LogP contribution < -0.4 is 10.6 Å². The molecule has 0 aromatic carbocycles. The fourth-order valence-corrected chi connectivity index (χ4v) is 3.30. The Morgan fingerprint density at radius 2 is 2.10 bits per heavy atom. The van der Waals surface area contributed by atoms with Gasteiger partial charge in [-0.3, -0.25) is 5.41 Å². The number of pyridine rings is 1. The number of anilines is 1. The van der Waals surface area contributed by atoms with Crippen LogP contribution in [0.5, 0.6) is 0 Å². The lowest BCUT2D eigenvalue weighted by Crippen LogP contribution is -2.51. The molecule has 1 aliphatic heterocycles. The van der Waals surface area contributed by atoms with Gasteiger partial charge in [0.25, 0.3) is 0 Å². The molecule has 5 nitrogen and oxygen atoms in total. The minimum atomic E-state index is 0.137. The Labute approximate surface area is 126 Å². The zero-order valence-corrected chi connectivity index (χ0v) is 13.0. The van der Waals surface area contributed by atoms with Crippen LogP contribution in [0.25, 0.3) is 0 Å². The number of aryl methyl sites for hydroxylation is 2. The number of nitrogen functional groups attached to an aromatic ring is 1. The summed E-state index contributed by atoms with van der Waals surface area (Å²) < 4.78 is 0. The van der Waals surface area contributed by atoms with Gasteiger partial charge in [-0.2, -0.15) is 0 Å². The first-order valence-corrected chi connectivity index (χ1v) is 7.88. The summed E-state index contributed by atoms with van der Waals surface area (Å²) in [5, 5.41) is 7.90. The third-order valence-electron chi connectivity index (χ3n) is 4.83. The second-order valence-electron chi connectivity index (χ2n) is 6.36. The minimum Gasteiger partial charge on any atom is -0.384 e. The number of nitrogens with zero attached hydrogens (tertiary/aromatic N) is 3. The van der Waals surface area contributed by atoms with Crippen LogP contribution in [0, 0.1) is 5.41 Å². The summed E-state index contributed by atoms with van der Waals surface area (Å²) in [5.41, 5.74) is 9.14. The Kier molecular flexibility index (Phi) is 3.85. The maximum atomic E-state index is 7.90. The molecule has 5 heteroatoms. The number of aromatic nitrogens is 1. The molecule has 1 aliphatic carbocycles. The van der Waals surface area contributed by atoms with E-state index in [2.05, 4.69) is 29.8 Å². The molecule has 0 bridgehead atoms. The Hall–Kier alpha value is -1.62. The zero-order chi connectivity index (χ0) is 15.0. The predicted molar refractivity (Wildman–Crippen MR) is 86.2 cm³/mol. The number of likely N-dealkylation sites (N-methyl/N-ethyl adjacent to an activating group) is 1. The molecular formula is C16H25N5. The first-order chi connectivity index (χ1) is 10.1. The molecule has 1 aromatic heterocycles. The van der Waals surface area contributed by atoms with Gasteiger partial charge in [0.05, 0.1) is 5.56 Å². The van der Waals surface area contributed by atoms with Crippen LogP contribution >= 0.6 is 0 Å². The molecule has 3 rings (SSSR count). The van der Waals surface area contributed by atoms with Gasteiger partial charge in [0.2, 0.25) is 0 Å². The lowest BCUT2D eigenvalue weighted by molar-refractivity contribution is 0.233. The standard InChI is InChI=1S/C16H25N5/c1-11-10-21(8-7-20(11)2)16-13(15(17)18)9-12-5-3-4-6-14(12)19-16/h9,11H,3-8,10H2,1-2H3,(H3,17,18). The van der Waals surface area contributed by atoms with E-state index in [1.165, 1.54) is 24.1 Å². The van der Waals surface area contributed by atoms with Gasteiger partial charge < -0.3 is 15.5 Å². The second kappa shape index (κ2) is 5.64. The van der Waals surface area contributed by atoms with Crippen molar-refractivity contribution in [1.82, 2.24) is 9.88 Å². The highest BCUT2D eigenvalue weighted by Crippen LogP contribution is 2.27. The number of amidine groups is 1. The first-order valence-electron chi connectivity index (χ1n) is 7.88. The molecule has 3 N–H and O–H groups in total. The summed E-state index contributed by atoms with van der Waals surface area (Å²) >= 11 is 0. The number of piperazine rings is 1. The highest BCUT2D eigenvalue weighted by Gasteiger charge is 2.25. The van der Waals surface area contributed by atoms with Crippen molar-refractivity contribution in [3.8, 4) is 0 Å². The van der Waals surface area contributed by atoms with Crippen LogP contribution in [0.2, 0.25) is 0 Å². The molecule has 0 saturated carbocycles. The van der Waals surface area contributed by atoms with E-state index in [1.807, 2.05) is 0 Å². The van der Waals surface area contributed by atoms with Gasteiger partial charge in [0, 0.05) is 31.4 Å². The monoisotopic (exact) mass is 287 g/mol. The van der Waals surface area contributed by atoms with Gasteiger partial charge in [-0.15, -0.1) is 0 Å². The molecule has 1 saturated heterocycles. The van der Waals surface area contributed by atoms with E-state index >= 15 is 0 Å². The van der Waals surface area contributed by atoms with Crippen molar-refractivity contribution in [2.24, 2.45) is 5.73 Å². The van der Waals surface area contributed by atoms with Gasteiger partial charge in [0.1, 0.15) is 11.7 Å². The molecule has 114 valence electrons. The lowest BCUT2D eigenvalue weighted by Gasteiger charge is -2.39. The van der Waals surface area contributed by atoms with Crippen molar-refractivity contribution in [2.45, 2.75) is 38.6 Å². The average Bonchev–Trinajstić information content (AvgIpc) is 2.48. The molecule has 1 aromatic rings. The van der Waals surface area contributed by atoms with Crippen molar-refractivity contribution >= 4 is 11.7 Å². The number of hydrogen-bond acceptors (Lipinski definition) is 4. The molecular weight excluding hydrogens is 262 g/mol. The molecule has 0 spiro atoms. The third-order valence-corrected chi connectivity index (χ3v) is 4.83. The van der Waals surface area contributed by atoms with E-state index in [0.29, 0.717) is 6.04 Å². The maximum Gasteiger partial charge on any atom is 0.139 e. The van der Waals surface area contributed by atoms with E-state index < -0.39 is 0 Å². The predicted octanol–water partition coefficient (Wildman–Crippen LogP) is 1.38. The van der Waals surface area contributed by atoms with Crippen molar-refractivity contribution in [3.63, 3.8) is 0 Å². The topological polar surface area (TPSA) is 69.2 Å². The number of hydrogen-bond donors (Lipinski definition) is 2. The van der Waals surface area contributed by atoms with E-state index in [-0.39, 0.29) is 5.84 Å². The van der Waals surface area contributed by atoms with E-state index in [9.17, 15) is 0 Å². The zero-order valence-electron chi connectivity index (χ0n) is 13.0. The summed E-state index contributed by atoms with van der Waals surface area (Å²) in [4.78, 5) is 9.57. The van der Waals surface area contributed by atoms with Crippen LogP contribution in [0.4, 0.5) is 5.82 Å². The maximum absolute atomic E-state index is 7.90. The van der Waals surface area contributed by atoms with Gasteiger partial charge in [0.15, 0.2) is 0 Å². The fourth-order valence-electron chi connectivity index (χ4n) is 3.30. The Bertz CT molecular complexity index is 554. The lowest BCUT2D eigenvalue weighted by atomic mass is 9.94. The smallest absolute Gasteiger partial charge is 0.139 e. The van der Waals surface area contributed by atoms with E-state index in [4.69, 9.17) is 16.1 Å². The first kappa shape index (κ1) is 14.3. The molecule has 0 radical (unpaired) electrons. The van der Waals surface area contributed by atoms with Crippen molar-refractivity contribution in [3.05, 3.63) is 22.9 Å². The highest BCUT2D eigenvalue weighted by molar-refractivity contribution is 6.00. The van der Waals surface area contributed by atoms with Gasteiger partial charge in [-0.25, -0.2) is 4.98 Å². The molecule has 1 atom stereocenters. The second-order valence-corrected chi connectivity index (χ2v) is 6.36. The van der Waals surface area contributed by atoms with Crippen molar-refractivity contribution < 1.29 is 0 Å². The van der Waals surface area contributed by atoms with Crippen LogP contribution in [-0.2, 0) is 12.8 Å². The third kappa shape index (κ3) is 2.75. The molecule has 21 heavy (non-hydrogen) atoms. The Morgan fingerprint density at radius 1 is 1.33 bits per heavy atom. The number of nitrogens with two attached hydrogens (primary N) is 1. The van der Waals surface area contributed by atoms with Gasteiger partial charge in [-0.05, 0) is 51.3 Å². The van der Waals surface area contributed by atoms with Crippen LogP contribution in [0.3, 0.4) is 0 Å². The minimum absolute atomic E-state index is 0.137. The summed E-state index contributed by atoms with van der Waals surface area (Å²) in [6.45, 7) is 5.16. The van der Waals surface area contributed by atoms with Gasteiger partial charge in [-0.1, -0.05) is 0 Å². The molecule has 1 unspecified atom stereocenters. The summed E-state index contributed by atoms with van der Waals surface area (Å²) in [6.07, 6.45) is 4.57. The largest absolute Gasteiger partial charge is 0.384 e. The summed E-state index contributed by atoms with van der Waals surface area (Å²) in [6, 6.07) is 2.61. The Morgan fingerprint density at radius 3 is 2.81 bits per heavy atom. The van der Waals surface area contributed by atoms with Crippen LogP contribution in [0.1, 0.15) is 36.6 Å². The van der Waals surface area contributed by atoms with Gasteiger partial charge >= 0.3 is 0 Å². The molecule has 1 fully saturated rings. The fraction of sp³-hybridized carbons (Fsp3) is 0.625. The quantitative estimate of drug-likeness (QED) is 0.637. The van der Waals surface area contributed by atoms with Crippen molar-refractivity contribution in [1.29, 1.82) is 5.41 Å². The number of fused-ring (bicyclic) bond motifs is 1. The van der Waals surface area contributed by atoms with Crippen LogP contribution in [0.15, 0.2) is 6.07 Å². The highest BCUT2D eigenvalue weighted by atomic mass is 15.3. The Balaban J connectivity index is 1.98. The normalized spacial score (nSPS) is 23.0. The molecule has 2 aliphatic rings. The molecule has 0 amide bonds. The van der Waals surface area contributed by atoms with E-state index in [0.717, 1.165) is 43.9 Å². The summed E-state index contributed by atoms with van der Waals surface area (Å²) in [7, 11) is 2.16. The summed E-state index contributed by atoms with van der Waals surface area (Å²) in [5.74, 6) is 1.06.